The van der Waals surface area contributed by atoms with Crippen molar-refractivity contribution in [3.05, 3.63) is 23.3 Å². The predicted octanol–water partition coefficient (Wildman–Crippen LogP) is 3.78. The van der Waals surface area contributed by atoms with Gasteiger partial charge in [0.1, 0.15) is 0 Å². The van der Waals surface area contributed by atoms with Gasteiger partial charge in [0.25, 0.3) is 5.92 Å². The minimum absolute atomic E-state index is 0.0521. The lowest BCUT2D eigenvalue weighted by molar-refractivity contribution is -0.182. The van der Waals surface area contributed by atoms with Crippen LogP contribution >= 0.6 is 0 Å². The first-order valence-corrected chi connectivity index (χ1v) is 10.0. The molecule has 6 rings (SSSR count). The van der Waals surface area contributed by atoms with Crippen LogP contribution in [-0.4, -0.2) is 43.2 Å². The Balaban J connectivity index is 1.53. The summed E-state index contributed by atoms with van der Waals surface area (Å²) in [5.74, 6) is -0.437. The number of nitrogens with zero attached hydrogens (tertiary/aromatic N) is 1. The summed E-state index contributed by atoms with van der Waals surface area (Å²) < 4.78 is 41.6. The molecule has 4 atom stereocenters. The van der Waals surface area contributed by atoms with Crippen LogP contribution in [0.3, 0.4) is 0 Å². The van der Waals surface area contributed by atoms with E-state index in [9.17, 15) is 0 Å². The van der Waals surface area contributed by atoms with Crippen molar-refractivity contribution in [1.82, 2.24) is 4.90 Å². The van der Waals surface area contributed by atoms with E-state index in [2.05, 4.69) is 11.0 Å². The van der Waals surface area contributed by atoms with E-state index < -0.39 is 17.4 Å². The highest BCUT2D eigenvalue weighted by atomic mass is 19.3. The Hall–Kier alpha value is -1.36. The molecule has 1 saturated heterocycles. The molecule has 26 heavy (non-hydrogen) atoms. The van der Waals surface area contributed by atoms with Crippen molar-refractivity contribution >= 4 is 0 Å². The van der Waals surface area contributed by atoms with Gasteiger partial charge in [-0.25, -0.2) is 8.78 Å². The van der Waals surface area contributed by atoms with Crippen LogP contribution in [0.1, 0.15) is 43.2 Å². The first kappa shape index (κ1) is 15.7. The number of halogens is 2. The molecule has 1 spiro atoms. The number of likely N-dealkylation sites (tertiary alicyclic amines) is 1. The molecule has 5 heteroatoms. The van der Waals surface area contributed by atoms with E-state index in [1.165, 1.54) is 18.4 Å². The minimum Gasteiger partial charge on any atom is -0.493 e. The van der Waals surface area contributed by atoms with Gasteiger partial charge in [-0.05, 0) is 62.1 Å². The van der Waals surface area contributed by atoms with Crippen molar-refractivity contribution in [2.75, 3.05) is 20.2 Å². The molecule has 0 radical (unpaired) electrons. The molecule has 2 heterocycles. The molecular weight excluding hydrogens is 336 g/mol. The van der Waals surface area contributed by atoms with Gasteiger partial charge in [-0.3, -0.25) is 4.90 Å². The summed E-state index contributed by atoms with van der Waals surface area (Å²) in [6.45, 7) is 2.07. The maximum atomic E-state index is 15.0. The number of hydrogen-bond donors (Lipinski definition) is 0. The SMILES string of the molecule is COc1ccc2c3c1O[C@@H]1C(F)(F)CCC4[C@H](C2)N(CC2CC2)CCC341. The molecule has 2 bridgehead atoms. The fraction of sp³-hybridized carbons (Fsp3) is 0.714. The number of benzene rings is 1. The maximum Gasteiger partial charge on any atom is 0.285 e. The van der Waals surface area contributed by atoms with Gasteiger partial charge in [0.15, 0.2) is 17.6 Å². The molecular formula is C21H25F2NO2. The maximum absolute atomic E-state index is 15.0. The lowest BCUT2D eigenvalue weighted by atomic mass is 9.51. The largest absolute Gasteiger partial charge is 0.493 e. The Morgan fingerprint density at radius 2 is 2.08 bits per heavy atom. The van der Waals surface area contributed by atoms with Crippen molar-refractivity contribution in [1.29, 1.82) is 0 Å². The normalized spacial score (nSPS) is 39.3. The number of methoxy groups -OCH3 is 1. The molecule has 3 fully saturated rings. The highest BCUT2D eigenvalue weighted by molar-refractivity contribution is 5.61. The predicted molar refractivity (Wildman–Crippen MR) is 93.2 cm³/mol. The molecule has 1 aromatic carbocycles. The summed E-state index contributed by atoms with van der Waals surface area (Å²) in [4.78, 5) is 2.62. The van der Waals surface area contributed by atoms with Gasteiger partial charge < -0.3 is 9.47 Å². The van der Waals surface area contributed by atoms with E-state index in [-0.39, 0.29) is 12.3 Å². The van der Waals surface area contributed by atoms with E-state index in [4.69, 9.17) is 9.47 Å². The first-order chi connectivity index (χ1) is 12.5. The molecule has 1 aromatic rings. The summed E-state index contributed by atoms with van der Waals surface area (Å²) in [5.41, 5.74) is 1.75. The molecule has 3 nitrogen and oxygen atoms in total. The van der Waals surface area contributed by atoms with Crippen molar-refractivity contribution in [3.8, 4) is 11.5 Å². The fourth-order valence-electron chi connectivity index (χ4n) is 6.58. The van der Waals surface area contributed by atoms with E-state index in [0.29, 0.717) is 24.0 Å². The smallest absolute Gasteiger partial charge is 0.285 e. The number of alkyl halides is 2. The quantitative estimate of drug-likeness (QED) is 0.818. The topological polar surface area (TPSA) is 21.7 Å². The molecule has 5 aliphatic rings. The second-order valence-corrected chi connectivity index (χ2v) is 9.04. The van der Waals surface area contributed by atoms with Crippen LogP contribution in [0.5, 0.6) is 11.5 Å². The first-order valence-electron chi connectivity index (χ1n) is 10.0. The molecule has 0 N–H and O–H groups in total. The monoisotopic (exact) mass is 361 g/mol. The molecule has 2 saturated carbocycles. The molecule has 3 aliphatic carbocycles. The van der Waals surface area contributed by atoms with Crippen LogP contribution in [0.25, 0.3) is 0 Å². The minimum atomic E-state index is -2.77. The Kier molecular flexibility index (Phi) is 2.96. The van der Waals surface area contributed by atoms with E-state index in [1.807, 2.05) is 6.07 Å². The van der Waals surface area contributed by atoms with E-state index in [0.717, 1.165) is 37.4 Å². The highest BCUT2D eigenvalue weighted by Crippen LogP contribution is 2.66. The summed E-state index contributed by atoms with van der Waals surface area (Å²) in [6, 6.07) is 4.39. The van der Waals surface area contributed by atoms with Crippen LogP contribution in [0.2, 0.25) is 0 Å². The molecule has 2 unspecified atom stereocenters. The molecule has 2 aliphatic heterocycles. The van der Waals surface area contributed by atoms with E-state index >= 15 is 8.78 Å². The van der Waals surface area contributed by atoms with Crippen LogP contribution in [-0.2, 0) is 11.8 Å². The van der Waals surface area contributed by atoms with Crippen molar-refractivity contribution < 1.29 is 18.3 Å². The van der Waals surface area contributed by atoms with Gasteiger partial charge >= 0.3 is 0 Å². The third-order valence-corrected chi connectivity index (χ3v) is 7.80. The van der Waals surface area contributed by atoms with Gasteiger partial charge in [0.2, 0.25) is 0 Å². The zero-order valence-electron chi connectivity index (χ0n) is 15.1. The van der Waals surface area contributed by atoms with E-state index in [1.54, 1.807) is 7.11 Å². The Morgan fingerprint density at radius 3 is 2.85 bits per heavy atom. The molecule has 0 aromatic heterocycles. The van der Waals surface area contributed by atoms with Crippen LogP contribution in [0, 0.1) is 11.8 Å². The standard InChI is InChI=1S/C21H25F2NO2/c1-25-16-5-4-13-10-15-14-6-7-21(22,23)19-20(14,17(13)18(16)26-19)8-9-24(15)11-12-2-3-12/h4-5,12,14-15,19H,2-3,6-11H2,1H3/t14?,15-,19-,20?/m0/s1. The van der Waals surface area contributed by atoms with Crippen LogP contribution in [0.4, 0.5) is 8.78 Å². The molecule has 140 valence electrons. The lowest BCUT2D eigenvalue weighted by Gasteiger charge is -2.59. The Bertz CT molecular complexity index is 778. The lowest BCUT2D eigenvalue weighted by Crippen LogP contribution is -2.68. The number of rotatable bonds is 3. The van der Waals surface area contributed by atoms with Gasteiger partial charge in [-0.2, -0.15) is 0 Å². The summed E-state index contributed by atoms with van der Waals surface area (Å²) in [5, 5.41) is 0. The summed E-state index contributed by atoms with van der Waals surface area (Å²) in [7, 11) is 1.60. The van der Waals surface area contributed by atoms with Crippen molar-refractivity contribution in [3.63, 3.8) is 0 Å². The average molecular weight is 361 g/mol. The highest BCUT2D eigenvalue weighted by Gasteiger charge is 2.70. The summed E-state index contributed by atoms with van der Waals surface area (Å²) in [6.07, 6.45) is 3.95. The van der Waals surface area contributed by atoms with Crippen LogP contribution in [0.15, 0.2) is 12.1 Å². The van der Waals surface area contributed by atoms with Gasteiger partial charge in [0, 0.05) is 30.0 Å². The average Bonchev–Trinajstić information content (AvgIpc) is 3.36. The third kappa shape index (κ3) is 1.81. The van der Waals surface area contributed by atoms with Gasteiger partial charge in [-0.1, -0.05) is 6.07 Å². The zero-order chi connectivity index (χ0) is 17.7. The second kappa shape index (κ2) is 4.92. The van der Waals surface area contributed by atoms with Crippen molar-refractivity contribution in [2.24, 2.45) is 11.8 Å². The zero-order valence-corrected chi connectivity index (χ0v) is 15.1. The summed E-state index contributed by atoms with van der Waals surface area (Å²) >= 11 is 0. The number of piperidine rings is 1. The third-order valence-electron chi connectivity index (χ3n) is 7.80. The Morgan fingerprint density at radius 1 is 1.23 bits per heavy atom. The molecule has 0 amide bonds. The van der Waals surface area contributed by atoms with Crippen LogP contribution < -0.4 is 9.47 Å². The Labute approximate surface area is 152 Å². The number of hydrogen-bond acceptors (Lipinski definition) is 3. The second-order valence-electron chi connectivity index (χ2n) is 9.04. The van der Waals surface area contributed by atoms with Gasteiger partial charge in [0.05, 0.1) is 7.11 Å². The van der Waals surface area contributed by atoms with Gasteiger partial charge in [-0.15, -0.1) is 0 Å². The fourth-order valence-corrected chi connectivity index (χ4v) is 6.58. The van der Waals surface area contributed by atoms with Crippen molar-refractivity contribution in [2.45, 2.75) is 62.0 Å². The number of ether oxygens (including phenoxy) is 2.